The highest BCUT2D eigenvalue weighted by atomic mass is 16.7. The number of hydrogen-bond acceptors (Lipinski definition) is 4. The molecule has 1 unspecified atom stereocenters. The molecule has 1 atom stereocenters. The molecule has 2 aliphatic rings. The number of benzene rings is 1. The molecule has 4 heteroatoms. The van der Waals surface area contributed by atoms with Gasteiger partial charge < -0.3 is 9.47 Å². The van der Waals surface area contributed by atoms with Gasteiger partial charge >= 0.3 is 0 Å². The van der Waals surface area contributed by atoms with Crippen LogP contribution in [0.1, 0.15) is 12.5 Å². The minimum absolute atomic E-state index is 0.298. The summed E-state index contributed by atoms with van der Waals surface area (Å²) in [6.07, 6.45) is 3.40. The molecule has 0 bridgehead atoms. The van der Waals surface area contributed by atoms with Crippen LogP contribution in [0.2, 0.25) is 0 Å². The molecule has 0 spiro atoms. The summed E-state index contributed by atoms with van der Waals surface area (Å²) in [5.41, 5.74) is 0.699. The predicted molar refractivity (Wildman–Crippen MR) is 56.9 cm³/mol. The average molecular weight is 202 g/mol. The number of fused-ring (bicyclic) bond motifs is 1. The first-order chi connectivity index (χ1) is 7.28. The van der Waals surface area contributed by atoms with Gasteiger partial charge in [0, 0.05) is 6.21 Å². The zero-order chi connectivity index (χ0) is 10.3. The molecule has 0 aliphatic carbocycles. The summed E-state index contributed by atoms with van der Waals surface area (Å²) in [7, 11) is 0. The van der Waals surface area contributed by atoms with Crippen molar-refractivity contribution in [3.63, 3.8) is 0 Å². The smallest absolute Gasteiger partial charge is 0.231 e. The normalized spacial score (nSPS) is 26.2. The lowest BCUT2D eigenvalue weighted by Crippen LogP contribution is -2.17. The van der Waals surface area contributed by atoms with Crippen molar-refractivity contribution in [3.8, 4) is 11.5 Å². The SMILES string of the molecule is CC1(c2ccc3c(c2)OCO3)C=NC=N1. The van der Waals surface area contributed by atoms with E-state index in [1.807, 2.05) is 31.3 Å². The molecule has 76 valence electrons. The quantitative estimate of drug-likeness (QED) is 0.696. The molecule has 0 radical (unpaired) electrons. The lowest BCUT2D eigenvalue weighted by atomic mass is 9.94. The molecule has 0 N–H and O–H groups in total. The van der Waals surface area contributed by atoms with Gasteiger partial charge in [-0.05, 0) is 24.6 Å². The Kier molecular flexibility index (Phi) is 1.59. The Labute approximate surface area is 87.3 Å². The van der Waals surface area contributed by atoms with Gasteiger partial charge in [0.15, 0.2) is 11.5 Å². The molecule has 0 amide bonds. The molecule has 15 heavy (non-hydrogen) atoms. The van der Waals surface area contributed by atoms with Crippen LogP contribution in [0.4, 0.5) is 0 Å². The van der Waals surface area contributed by atoms with Crippen LogP contribution in [0.3, 0.4) is 0 Å². The maximum Gasteiger partial charge on any atom is 0.231 e. The average Bonchev–Trinajstić information content (AvgIpc) is 2.85. The van der Waals surface area contributed by atoms with Crippen LogP contribution < -0.4 is 9.47 Å². The fourth-order valence-corrected chi connectivity index (χ4v) is 1.73. The predicted octanol–water partition coefficient (Wildman–Crippen LogP) is 1.74. The van der Waals surface area contributed by atoms with E-state index in [1.54, 1.807) is 6.34 Å². The Morgan fingerprint density at radius 3 is 2.93 bits per heavy atom. The van der Waals surface area contributed by atoms with E-state index in [4.69, 9.17) is 9.47 Å². The van der Waals surface area contributed by atoms with E-state index in [1.165, 1.54) is 0 Å². The van der Waals surface area contributed by atoms with Gasteiger partial charge in [-0.1, -0.05) is 6.07 Å². The molecule has 0 fully saturated rings. The van der Waals surface area contributed by atoms with Crippen LogP contribution >= 0.6 is 0 Å². The van der Waals surface area contributed by atoms with Crippen molar-refractivity contribution in [3.05, 3.63) is 23.8 Å². The highest BCUT2D eigenvalue weighted by Gasteiger charge is 2.27. The van der Waals surface area contributed by atoms with E-state index < -0.39 is 0 Å². The molecule has 1 aromatic rings. The van der Waals surface area contributed by atoms with Gasteiger partial charge in [0.05, 0.1) is 0 Å². The summed E-state index contributed by atoms with van der Waals surface area (Å²) in [4.78, 5) is 8.34. The third-order valence-corrected chi connectivity index (χ3v) is 2.68. The van der Waals surface area contributed by atoms with Gasteiger partial charge in [-0.15, -0.1) is 0 Å². The Bertz CT molecular complexity index is 454. The second-order valence-corrected chi connectivity index (χ2v) is 3.74. The van der Waals surface area contributed by atoms with Crippen molar-refractivity contribution >= 4 is 12.6 Å². The third-order valence-electron chi connectivity index (χ3n) is 2.68. The summed E-state index contributed by atoms with van der Waals surface area (Å²) < 4.78 is 10.6. The topological polar surface area (TPSA) is 43.2 Å². The fraction of sp³-hybridized carbons (Fsp3) is 0.273. The number of hydrogen-bond donors (Lipinski definition) is 0. The van der Waals surface area contributed by atoms with E-state index in [0.29, 0.717) is 6.79 Å². The Morgan fingerprint density at radius 2 is 2.13 bits per heavy atom. The van der Waals surface area contributed by atoms with Crippen molar-refractivity contribution in [2.45, 2.75) is 12.5 Å². The van der Waals surface area contributed by atoms with Crippen LogP contribution in [0, 0.1) is 0 Å². The zero-order valence-electron chi connectivity index (χ0n) is 8.30. The van der Waals surface area contributed by atoms with Crippen molar-refractivity contribution in [1.29, 1.82) is 0 Å². The summed E-state index contributed by atoms with van der Waals surface area (Å²) in [5.74, 6) is 1.57. The third kappa shape index (κ3) is 1.21. The van der Waals surface area contributed by atoms with Crippen LogP contribution in [-0.4, -0.2) is 19.3 Å². The standard InChI is InChI=1S/C11H10N2O2/c1-11(5-12-6-13-11)8-2-3-9-10(4-8)15-7-14-9/h2-6H,7H2,1H3. The van der Waals surface area contributed by atoms with Crippen molar-refractivity contribution in [2.24, 2.45) is 9.98 Å². The number of rotatable bonds is 1. The summed E-state index contributed by atoms with van der Waals surface area (Å²) in [5, 5.41) is 0. The van der Waals surface area contributed by atoms with Gasteiger partial charge in [-0.3, -0.25) is 4.99 Å². The second kappa shape index (κ2) is 2.82. The van der Waals surface area contributed by atoms with Gasteiger partial charge in [0.2, 0.25) is 6.79 Å². The molecule has 0 aromatic heterocycles. The van der Waals surface area contributed by atoms with E-state index in [9.17, 15) is 0 Å². The summed E-state index contributed by atoms with van der Waals surface area (Å²) in [6.45, 7) is 2.31. The van der Waals surface area contributed by atoms with Gasteiger partial charge in [-0.25, -0.2) is 4.99 Å². The fourth-order valence-electron chi connectivity index (χ4n) is 1.73. The van der Waals surface area contributed by atoms with Crippen molar-refractivity contribution in [1.82, 2.24) is 0 Å². The summed E-state index contributed by atoms with van der Waals surface area (Å²) >= 11 is 0. The van der Waals surface area contributed by atoms with Gasteiger partial charge in [0.25, 0.3) is 0 Å². The molecule has 0 saturated heterocycles. The number of nitrogens with zero attached hydrogens (tertiary/aromatic N) is 2. The summed E-state index contributed by atoms with van der Waals surface area (Å²) in [6, 6.07) is 5.85. The number of ether oxygens (including phenoxy) is 2. The minimum Gasteiger partial charge on any atom is -0.454 e. The van der Waals surface area contributed by atoms with Crippen molar-refractivity contribution in [2.75, 3.05) is 6.79 Å². The highest BCUT2D eigenvalue weighted by Crippen LogP contribution is 2.36. The first-order valence-corrected chi connectivity index (χ1v) is 4.76. The highest BCUT2D eigenvalue weighted by molar-refractivity contribution is 5.87. The van der Waals surface area contributed by atoms with E-state index in [0.717, 1.165) is 17.1 Å². The van der Waals surface area contributed by atoms with E-state index in [-0.39, 0.29) is 5.54 Å². The largest absolute Gasteiger partial charge is 0.454 e. The van der Waals surface area contributed by atoms with Crippen LogP contribution in [-0.2, 0) is 5.54 Å². The number of aliphatic imine (C=N–C) groups is 2. The lowest BCUT2D eigenvalue weighted by molar-refractivity contribution is 0.174. The van der Waals surface area contributed by atoms with Crippen LogP contribution in [0.15, 0.2) is 28.2 Å². The molecule has 0 saturated carbocycles. The van der Waals surface area contributed by atoms with Gasteiger partial charge in [-0.2, -0.15) is 0 Å². The van der Waals surface area contributed by atoms with Crippen LogP contribution in [0.5, 0.6) is 11.5 Å². The Balaban J connectivity index is 2.07. The molecule has 3 rings (SSSR count). The Hall–Kier alpha value is -1.84. The molecular formula is C11H10N2O2. The minimum atomic E-state index is -0.360. The van der Waals surface area contributed by atoms with Crippen LogP contribution in [0.25, 0.3) is 0 Å². The van der Waals surface area contributed by atoms with Crippen molar-refractivity contribution < 1.29 is 9.47 Å². The molecule has 4 nitrogen and oxygen atoms in total. The van der Waals surface area contributed by atoms with E-state index in [2.05, 4.69) is 9.98 Å². The molecule has 1 aromatic carbocycles. The molecular weight excluding hydrogens is 192 g/mol. The monoisotopic (exact) mass is 202 g/mol. The van der Waals surface area contributed by atoms with Gasteiger partial charge in [0.1, 0.15) is 11.9 Å². The molecule has 2 aliphatic heterocycles. The lowest BCUT2D eigenvalue weighted by Gasteiger charge is -2.17. The molecule has 2 heterocycles. The maximum absolute atomic E-state index is 5.33. The van der Waals surface area contributed by atoms with E-state index >= 15 is 0 Å². The zero-order valence-corrected chi connectivity index (χ0v) is 8.30. The maximum atomic E-state index is 5.33. The Morgan fingerprint density at radius 1 is 1.27 bits per heavy atom. The first-order valence-electron chi connectivity index (χ1n) is 4.76. The first kappa shape index (κ1) is 8.47. The second-order valence-electron chi connectivity index (χ2n) is 3.74.